The van der Waals surface area contributed by atoms with Gasteiger partial charge in [0.15, 0.2) is 0 Å². The second kappa shape index (κ2) is 8.57. The van der Waals surface area contributed by atoms with E-state index in [2.05, 4.69) is 24.5 Å². The quantitative estimate of drug-likeness (QED) is 0.598. The Morgan fingerprint density at radius 3 is 2.82 bits per heavy atom. The van der Waals surface area contributed by atoms with Crippen LogP contribution in [0.3, 0.4) is 0 Å². The minimum absolute atomic E-state index is 0.0534. The van der Waals surface area contributed by atoms with Crippen molar-refractivity contribution in [3.63, 3.8) is 0 Å². The van der Waals surface area contributed by atoms with E-state index in [-0.39, 0.29) is 30.0 Å². The summed E-state index contributed by atoms with van der Waals surface area (Å²) in [7, 11) is 0. The van der Waals surface area contributed by atoms with Crippen molar-refractivity contribution in [2.75, 3.05) is 44.3 Å². The van der Waals surface area contributed by atoms with Gasteiger partial charge in [0.1, 0.15) is 6.61 Å². The van der Waals surface area contributed by atoms with Crippen molar-refractivity contribution in [2.24, 2.45) is 0 Å². The summed E-state index contributed by atoms with van der Waals surface area (Å²) in [5.74, 6) is 1.96. The van der Waals surface area contributed by atoms with Gasteiger partial charge >= 0.3 is 12.1 Å². The van der Waals surface area contributed by atoms with Crippen LogP contribution >= 0.6 is 24.4 Å². The number of nitrogens with one attached hydrogen (secondary N) is 1. The smallest absolute Gasteiger partial charge is 0.410 e. The Balaban J connectivity index is 1.82. The molecule has 0 unspecified atom stereocenters. The molecule has 0 spiro atoms. The fourth-order valence-electron chi connectivity index (χ4n) is 2.61. The number of amides is 3. The predicted octanol–water partition coefficient (Wildman–Crippen LogP) is 1.44. The van der Waals surface area contributed by atoms with E-state index in [1.807, 2.05) is 16.7 Å². The van der Waals surface area contributed by atoms with Crippen LogP contribution in [0.2, 0.25) is 0 Å². The molecule has 0 aromatic heterocycles. The van der Waals surface area contributed by atoms with Crippen molar-refractivity contribution in [1.29, 1.82) is 0 Å². The van der Waals surface area contributed by atoms with Gasteiger partial charge in [-0.25, -0.2) is 9.59 Å². The van der Waals surface area contributed by atoms with E-state index in [1.54, 1.807) is 4.90 Å². The summed E-state index contributed by atoms with van der Waals surface area (Å²) in [4.78, 5) is 27.6. The molecule has 3 amide bonds. The number of thioether (sulfide) groups is 1. The lowest BCUT2D eigenvalue weighted by atomic mass is 10.2. The van der Waals surface area contributed by atoms with Crippen LogP contribution in [0, 0.1) is 0 Å². The molecule has 124 valence electrons. The van der Waals surface area contributed by atoms with Crippen molar-refractivity contribution in [3.8, 4) is 0 Å². The lowest BCUT2D eigenvalue weighted by Gasteiger charge is -2.28. The topological polar surface area (TPSA) is 61.9 Å². The van der Waals surface area contributed by atoms with Gasteiger partial charge in [-0.3, -0.25) is 0 Å². The largest absolute Gasteiger partial charge is 0.445 e. The van der Waals surface area contributed by atoms with Crippen LogP contribution in [-0.2, 0) is 4.74 Å². The van der Waals surface area contributed by atoms with E-state index in [0.29, 0.717) is 13.1 Å². The third kappa shape index (κ3) is 4.74. The van der Waals surface area contributed by atoms with Crippen LogP contribution in [0.1, 0.15) is 6.42 Å². The van der Waals surface area contributed by atoms with Crippen LogP contribution in [0.4, 0.5) is 9.59 Å². The molecule has 0 aromatic carbocycles. The molecule has 2 rings (SSSR count). The second-order valence-corrected chi connectivity index (χ2v) is 7.30. The van der Waals surface area contributed by atoms with E-state index < -0.39 is 0 Å². The molecule has 2 aliphatic rings. The van der Waals surface area contributed by atoms with Crippen molar-refractivity contribution in [1.82, 2.24) is 15.1 Å². The summed E-state index contributed by atoms with van der Waals surface area (Å²) < 4.78 is 5.09. The average Bonchev–Trinajstić information content (AvgIpc) is 2.92. The van der Waals surface area contributed by atoms with Gasteiger partial charge in [0.2, 0.25) is 0 Å². The summed E-state index contributed by atoms with van der Waals surface area (Å²) in [5.41, 5.74) is 0. The van der Waals surface area contributed by atoms with Crippen LogP contribution in [-0.4, -0.2) is 77.5 Å². The monoisotopic (exact) mass is 345 g/mol. The molecule has 0 aliphatic carbocycles. The van der Waals surface area contributed by atoms with Crippen LogP contribution in [0.5, 0.6) is 0 Å². The first-order chi connectivity index (χ1) is 10.6. The number of ether oxygens (including phenoxy) is 1. The maximum atomic E-state index is 12.1. The SMILES string of the molecule is C=CCOC(=O)N1C[C@@H](S)C[C@H]1CNC(=O)N1CCSCC1. The summed E-state index contributed by atoms with van der Waals surface area (Å²) in [6, 6.07) is -0.120. The third-order valence-corrected chi connectivity index (χ3v) is 5.06. The predicted molar refractivity (Wildman–Crippen MR) is 91.7 cm³/mol. The zero-order valence-corrected chi connectivity index (χ0v) is 14.3. The molecule has 22 heavy (non-hydrogen) atoms. The molecule has 0 saturated carbocycles. The number of likely N-dealkylation sites (tertiary alicyclic amines) is 1. The minimum Gasteiger partial charge on any atom is -0.445 e. The summed E-state index contributed by atoms with van der Waals surface area (Å²) in [5, 5.41) is 3.05. The van der Waals surface area contributed by atoms with Gasteiger partial charge in [-0.05, 0) is 6.42 Å². The van der Waals surface area contributed by atoms with Crippen LogP contribution in [0.25, 0.3) is 0 Å². The first-order valence-electron chi connectivity index (χ1n) is 7.44. The second-order valence-electron chi connectivity index (χ2n) is 5.35. The Morgan fingerprint density at radius 2 is 2.14 bits per heavy atom. The highest BCUT2D eigenvalue weighted by Gasteiger charge is 2.35. The Kier molecular flexibility index (Phi) is 6.75. The van der Waals surface area contributed by atoms with Gasteiger partial charge in [0.25, 0.3) is 0 Å². The molecule has 0 aromatic rings. The van der Waals surface area contributed by atoms with Gasteiger partial charge in [0.05, 0.1) is 6.04 Å². The van der Waals surface area contributed by atoms with Crippen molar-refractivity contribution < 1.29 is 14.3 Å². The molecule has 2 heterocycles. The lowest BCUT2D eigenvalue weighted by molar-refractivity contribution is 0.107. The first-order valence-corrected chi connectivity index (χ1v) is 9.11. The summed E-state index contributed by atoms with van der Waals surface area (Å²) in [6.45, 7) is 6.25. The van der Waals surface area contributed by atoms with E-state index in [9.17, 15) is 9.59 Å². The fourth-order valence-corrected chi connectivity index (χ4v) is 3.93. The summed E-state index contributed by atoms with van der Waals surface area (Å²) >= 11 is 6.31. The maximum absolute atomic E-state index is 12.1. The van der Waals surface area contributed by atoms with Crippen molar-refractivity contribution in [3.05, 3.63) is 12.7 Å². The molecular weight excluding hydrogens is 322 g/mol. The molecule has 8 heteroatoms. The molecular formula is C14H23N3O3S2. The van der Waals surface area contributed by atoms with Gasteiger partial charge in [0, 0.05) is 42.9 Å². The van der Waals surface area contributed by atoms with E-state index in [0.717, 1.165) is 31.0 Å². The van der Waals surface area contributed by atoms with Gasteiger partial charge < -0.3 is 19.9 Å². The van der Waals surface area contributed by atoms with E-state index in [4.69, 9.17) is 4.74 Å². The Bertz CT molecular complexity index is 416. The first kappa shape index (κ1) is 17.3. The number of carbonyl (C=O) groups is 2. The molecule has 1 N–H and O–H groups in total. The zero-order valence-electron chi connectivity index (χ0n) is 12.6. The van der Waals surface area contributed by atoms with Gasteiger partial charge in [-0.15, -0.1) is 0 Å². The highest BCUT2D eigenvalue weighted by Crippen LogP contribution is 2.22. The molecule has 2 fully saturated rings. The molecule has 0 bridgehead atoms. The fraction of sp³-hybridized carbons (Fsp3) is 0.714. The Labute approximate surface area is 141 Å². The third-order valence-electron chi connectivity index (χ3n) is 3.74. The molecule has 2 atom stereocenters. The minimum atomic E-state index is -0.370. The Hall–Kier alpha value is -1.02. The number of hydrogen-bond acceptors (Lipinski definition) is 5. The van der Waals surface area contributed by atoms with Gasteiger partial charge in [-0.2, -0.15) is 24.4 Å². The van der Waals surface area contributed by atoms with E-state index in [1.165, 1.54) is 6.08 Å². The van der Waals surface area contributed by atoms with E-state index >= 15 is 0 Å². The van der Waals surface area contributed by atoms with Crippen LogP contribution in [0.15, 0.2) is 12.7 Å². The molecule has 2 saturated heterocycles. The van der Waals surface area contributed by atoms with Crippen molar-refractivity contribution >= 4 is 36.5 Å². The average molecular weight is 345 g/mol. The molecule has 0 radical (unpaired) electrons. The summed E-state index contributed by atoms with van der Waals surface area (Å²) in [6.07, 6.45) is 1.92. The number of nitrogens with zero attached hydrogens (tertiary/aromatic N) is 2. The molecule has 6 nitrogen and oxygen atoms in total. The number of urea groups is 1. The number of hydrogen-bond donors (Lipinski definition) is 2. The molecule has 2 aliphatic heterocycles. The standard InChI is InChI=1S/C14H23N3O3S2/c1-2-5-20-14(19)17-10-12(21)8-11(17)9-15-13(18)16-3-6-22-7-4-16/h2,11-12,21H,1,3-10H2,(H,15,18)/t11-,12-/m0/s1. The van der Waals surface area contributed by atoms with Crippen molar-refractivity contribution in [2.45, 2.75) is 17.7 Å². The van der Waals surface area contributed by atoms with Crippen LogP contribution < -0.4 is 5.32 Å². The maximum Gasteiger partial charge on any atom is 0.410 e. The Morgan fingerprint density at radius 1 is 1.41 bits per heavy atom. The highest BCUT2D eigenvalue weighted by molar-refractivity contribution is 7.99. The zero-order chi connectivity index (χ0) is 15.9. The number of carbonyl (C=O) groups excluding carboxylic acids is 2. The normalized spacial score (nSPS) is 25.0. The number of rotatable bonds is 4. The number of thiol groups is 1. The lowest BCUT2D eigenvalue weighted by Crippen LogP contribution is -2.49. The van der Waals surface area contributed by atoms with Gasteiger partial charge in [-0.1, -0.05) is 12.7 Å². The highest BCUT2D eigenvalue weighted by atomic mass is 32.2.